The number of hydrogen-bond acceptors (Lipinski definition) is 9. The van der Waals surface area contributed by atoms with E-state index in [9.17, 15) is 18.4 Å². The molecule has 1 aliphatic rings. The average Bonchev–Trinajstić information content (AvgIpc) is 3.56. The predicted molar refractivity (Wildman–Crippen MR) is 126 cm³/mol. The molecule has 1 aliphatic heterocycles. The summed E-state index contributed by atoms with van der Waals surface area (Å²) in [5.74, 6) is -2.89. The Hall–Kier alpha value is -4.48. The molecule has 0 bridgehead atoms. The number of benzene rings is 1. The highest BCUT2D eigenvalue weighted by Gasteiger charge is 2.35. The van der Waals surface area contributed by atoms with Crippen LogP contribution in [0.4, 0.5) is 14.6 Å². The molecule has 37 heavy (non-hydrogen) atoms. The highest BCUT2D eigenvalue weighted by atomic mass is 19.1. The fraction of sp³-hybridized carbons (Fsp3) is 0.280. The second-order valence-corrected chi connectivity index (χ2v) is 8.39. The van der Waals surface area contributed by atoms with Gasteiger partial charge in [0, 0.05) is 18.2 Å². The number of aromatic nitrogens is 5. The molecule has 4 aromatic rings. The average molecular weight is 508 g/mol. The zero-order valence-corrected chi connectivity index (χ0v) is 19.8. The van der Waals surface area contributed by atoms with Gasteiger partial charge in [-0.2, -0.15) is 5.10 Å². The minimum Gasteiger partial charge on any atom is -0.465 e. The van der Waals surface area contributed by atoms with Gasteiger partial charge in [0.25, 0.3) is 0 Å². The Morgan fingerprint density at radius 2 is 2.03 bits per heavy atom. The lowest BCUT2D eigenvalue weighted by atomic mass is 9.95. The van der Waals surface area contributed by atoms with Crippen molar-refractivity contribution in [1.82, 2.24) is 24.9 Å². The van der Waals surface area contributed by atoms with E-state index in [1.807, 2.05) is 0 Å². The third-order valence-corrected chi connectivity index (χ3v) is 6.01. The fourth-order valence-corrected chi connectivity index (χ4v) is 4.18. The highest BCUT2D eigenvalue weighted by Crippen LogP contribution is 2.28. The minimum atomic E-state index is -0.875. The van der Waals surface area contributed by atoms with Gasteiger partial charge in [0.15, 0.2) is 23.2 Å². The Kier molecular flexibility index (Phi) is 6.71. The van der Waals surface area contributed by atoms with Gasteiger partial charge in [0.2, 0.25) is 0 Å². The summed E-state index contributed by atoms with van der Waals surface area (Å²) in [5, 5.41) is 8.49. The molecule has 10 nitrogen and oxygen atoms in total. The number of carbonyl (C=O) groups excluding carboxylic acids is 2. The second kappa shape index (κ2) is 10.2. The number of hydrogen-bond donors (Lipinski definition) is 0. The van der Waals surface area contributed by atoms with Crippen molar-refractivity contribution in [3.05, 3.63) is 66.1 Å². The molecule has 1 unspecified atom stereocenters. The summed E-state index contributed by atoms with van der Waals surface area (Å²) in [6.45, 7) is 1.98. The van der Waals surface area contributed by atoms with Crippen LogP contribution in [0.15, 0.2) is 53.4 Å². The van der Waals surface area contributed by atoms with E-state index in [2.05, 4.69) is 20.2 Å². The third-order valence-electron chi connectivity index (χ3n) is 6.01. The zero-order valence-electron chi connectivity index (χ0n) is 19.8. The topological polar surface area (TPSA) is 116 Å². The Bertz CT molecular complexity index is 1440. The molecule has 0 saturated carbocycles. The minimum absolute atomic E-state index is 0.0766. The van der Waals surface area contributed by atoms with Crippen molar-refractivity contribution < 1.29 is 27.6 Å². The number of halogens is 2. The highest BCUT2D eigenvalue weighted by molar-refractivity contribution is 6.01. The molecule has 12 heteroatoms. The van der Waals surface area contributed by atoms with Crippen molar-refractivity contribution in [3.63, 3.8) is 0 Å². The van der Waals surface area contributed by atoms with Crippen LogP contribution in [0.1, 0.15) is 18.9 Å². The maximum atomic E-state index is 14.8. The van der Waals surface area contributed by atoms with E-state index < -0.39 is 17.7 Å². The van der Waals surface area contributed by atoms with Crippen LogP contribution in [0, 0.1) is 17.6 Å². The maximum Gasteiger partial charge on any atom is 0.316 e. The summed E-state index contributed by atoms with van der Waals surface area (Å²) in [6.07, 6.45) is 2.59. The number of Topliss-reactive ketones (excluding diaryl/α,β-unsaturated/α-hetero) is 1. The molecule has 0 amide bonds. The zero-order chi connectivity index (χ0) is 25.9. The van der Waals surface area contributed by atoms with Crippen molar-refractivity contribution in [2.75, 3.05) is 24.6 Å². The first-order valence-corrected chi connectivity index (χ1v) is 11.6. The van der Waals surface area contributed by atoms with E-state index in [0.29, 0.717) is 22.6 Å². The smallest absolute Gasteiger partial charge is 0.316 e. The first-order valence-electron chi connectivity index (χ1n) is 11.6. The third kappa shape index (κ3) is 4.95. The van der Waals surface area contributed by atoms with Crippen LogP contribution < -0.4 is 4.90 Å². The van der Waals surface area contributed by atoms with E-state index in [0.717, 1.165) is 6.20 Å². The van der Waals surface area contributed by atoms with Crippen molar-refractivity contribution in [2.45, 2.75) is 19.9 Å². The first kappa shape index (κ1) is 24.2. The molecule has 0 radical (unpaired) electrons. The summed E-state index contributed by atoms with van der Waals surface area (Å²) in [6, 6.07) is 9.60. The summed E-state index contributed by atoms with van der Waals surface area (Å²) in [4.78, 5) is 34.5. The molecular formula is C25H22F2N6O4. The van der Waals surface area contributed by atoms with E-state index in [-0.39, 0.29) is 55.9 Å². The molecule has 190 valence electrons. The van der Waals surface area contributed by atoms with Crippen LogP contribution in [0.3, 0.4) is 0 Å². The number of ether oxygens (including phenoxy) is 1. The number of esters is 1. The Balaban J connectivity index is 1.46. The van der Waals surface area contributed by atoms with E-state index in [4.69, 9.17) is 9.26 Å². The number of nitrogens with zero attached hydrogens (tertiary/aromatic N) is 6. The summed E-state index contributed by atoms with van der Waals surface area (Å²) in [7, 11) is 0. The fourth-order valence-electron chi connectivity index (χ4n) is 4.18. The van der Waals surface area contributed by atoms with Crippen LogP contribution in [-0.2, 0) is 20.9 Å². The van der Waals surface area contributed by atoms with Gasteiger partial charge in [-0.15, -0.1) is 0 Å². The number of anilines is 1. The quantitative estimate of drug-likeness (QED) is 0.274. The lowest BCUT2D eigenvalue weighted by Gasteiger charge is -2.30. The van der Waals surface area contributed by atoms with Crippen molar-refractivity contribution >= 4 is 17.6 Å². The van der Waals surface area contributed by atoms with Gasteiger partial charge >= 0.3 is 5.97 Å². The maximum absolute atomic E-state index is 14.8. The molecule has 5 rings (SSSR count). The van der Waals surface area contributed by atoms with Gasteiger partial charge in [0.1, 0.15) is 29.4 Å². The number of rotatable bonds is 7. The normalized spacial score (nSPS) is 15.7. The summed E-state index contributed by atoms with van der Waals surface area (Å²) < 4.78 is 40.5. The van der Waals surface area contributed by atoms with Gasteiger partial charge in [-0.25, -0.2) is 18.7 Å². The Labute approximate surface area is 209 Å². The molecule has 3 aromatic heterocycles. The molecule has 0 spiro atoms. The molecule has 1 atom stereocenters. The molecular weight excluding hydrogens is 486 g/mol. The Morgan fingerprint density at radius 3 is 2.76 bits per heavy atom. The van der Waals surface area contributed by atoms with Gasteiger partial charge in [-0.05, 0) is 25.5 Å². The monoisotopic (exact) mass is 508 g/mol. The van der Waals surface area contributed by atoms with E-state index in [1.54, 1.807) is 37.3 Å². The molecule has 1 aromatic carbocycles. The van der Waals surface area contributed by atoms with E-state index >= 15 is 0 Å². The van der Waals surface area contributed by atoms with Gasteiger partial charge in [0.05, 0.1) is 31.6 Å². The standard InChI is InChI=1S/C25H22F2N6O4/c1-2-36-25(35)16-7-9-32(14-22(16)34)24-18(27)12-28-23(29-24)20-11-21(19-8-10-37-31-19)33(30-20)13-15-5-3-4-6-17(15)26/h3-6,8,10-12,16H,2,7,9,13-14H2,1H3. The van der Waals surface area contributed by atoms with E-state index in [1.165, 1.54) is 21.9 Å². The second-order valence-electron chi connectivity index (χ2n) is 8.39. The molecule has 0 N–H and O–H groups in total. The lowest BCUT2D eigenvalue weighted by molar-refractivity contribution is -0.152. The summed E-state index contributed by atoms with van der Waals surface area (Å²) >= 11 is 0. The molecule has 0 aliphatic carbocycles. The largest absolute Gasteiger partial charge is 0.465 e. The van der Waals surface area contributed by atoms with Crippen LogP contribution in [0.25, 0.3) is 22.9 Å². The number of ketones is 1. The van der Waals surface area contributed by atoms with Crippen LogP contribution in [-0.4, -0.2) is 56.4 Å². The van der Waals surface area contributed by atoms with Crippen LogP contribution in [0.5, 0.6) is 0 Å². The number of carbonyl (C=O) groups is 2. The van der Waals surface area contributed by atoms with Crippen molar-refractivity contribution in [1.29, 1.82) is 0 Å². The first-order chi connectivity index (χ1) is 17.9. The SMILES string of the molecule is CCOC(=O)C1CCN(c2nc(-c3cc(-c4ccon4)n(Cc4ccccc4F)n3)ncc2F)CC1=O. The Morgan fingerprint density at radius 1 is 1.19 bits per heavy atom. The van der Waals surface area contributed by atoms with Crippen molar-refractivity contribution in [2.24, 2.45) is 5.92 Å². The van der Waals surface area contributed by atoms with Gasteiger partial charge < -0.3 is 14.2 Å². The predicted octanol–water partition coefficient (Wildman–Crippen LogP) is 3.28. The van der Waals surface area contributed by atoms with Crippen molar-refractivity contribution in [3.8, 4) is 22.9 Å². The summed E-state index contributed by atoms with van der Waals surface area (Å²) in [5.41, 5.74) is 1.69. The van der Waals surface area contributed by atoms with Gasteiger partial charge in [-0.1, -0.05) is 23.4 Å². The van der Waals surface area contributed by atoms with Crippen LogP contribution in [0.2, 0.25) is 0 Å². The lowest BCUT2D eigenvalue weighted by Crippen LogP contribution is -2.45. The molecule has 1 saturated heterocycles. The van der Waals surface area contributed by atoms with Crippen LogP contribution >= 0.6 is 0 Å². The number of piperidine rings is 1. The molecule has 1 fully saturated rings. The molecule has 4 heterocycles. The van der Waals surface area contributed by atoms with Gasteiger partial charge in [-0.3, -0.25) is 14.3 Å².